The van der Waals surface area contributed by atoms with Crippen LogP contribution in [0.3, 0.4) is 0 Å². The average molecular weight is 340 g/mol. The Kier molecular flexibility index (Phi) is 3.57. The monoisotopic (exact) mass is 340 g/mol. The van der Waals surface area contributed by atoms with Crippen LogP contribution in [0.5, 0.6) is 5.75 Å². The maximum atomic E-state index is 12.5. The van der Waals surface area contributed by atoms with Gasteiger partial charge >= 0.3 is 0 Å². The zero-order chi connectivity index (χ0) is 16.7. The minimum absolute atomic E-state index is 0.175. The molecule has 122 valence electrons. The first-order valence-corrected chi connectivity index (χ1v) is 8.44. The van der Waals surface area contributed by atoms with Crippen LogP contribution >= 0.6 is 11.3 Å². The van der Waals surface area contributed by atoms with Gasteiger partial charge in [-0.15, -0.1) is 0 Å². The van der Waals surface area contributed by atoms with Crippen LogP contribution in [0.4, 0.5) is 5.13 Å². The number of aromatic nitrogens is 3. The fraction of sp³-hybridized carbons (Fsp3) is 0.235. The van der Waals surface area contributed by atoms with E-state index in [2.05, 4.69) is 15.3 Å². The summed E-state index contributed by atoms with van der Waals surface area (Å²) >= 11 is 1.42. The highest BCUT2D eigenvalue weighted by Gasteiger charge is 2.29. The van der Waals surface area contributed by atoms with E-state index in [0.29, 0.717) is 11.6 Å². The smallest absolute Gasteiger partial charge is 0.267 e. The normalized spacial score (nSPS) is 15.8. The summed E-state index contributed by atoms with van der Waals surface area (Å²) in [6, 6.07) is 7.72. The summed E-state index contributed by atoms with van der Waals surface area (Å²) in [5.41, 5.74) is 1.90. The highest BCUT2D eigenvalue weighted by molar-refractivity contribution is 7.19. The summed E-state index contributed by atoms with van der Waals surface area (Å²) in [4.78, 5) is 22.2. The van der Waals surface area contributed by atoms with E-state index >= 15 is 0 Å². The van der Waals surface area contributed by atoms with E-state index in [-0.39, 0.29) is 5.91 Å². The SMILES string of the molecule is Cc1nc(NC(=O)[C@@H]2Cc3ccccc3O2)sc1-c1nccn1C. The number of amides is 1. The number of ether oxygens (including phenoxy) is 1. The number of carbonyl (C=O) groups is 1. The van der Waals surface area contributed by atoms with Crippen LogP contribution in [0.15, 0.2) is 36.7 Å². The van der Waals surface area contributed by atoms with Crippen LogP contribution in [-0.4, -0.2) is 26.5 Å². The lowest BCUT2D eigenvalue weighted by Crippen LogP contribution is -2.31. The minimum atomic E-state index is -0.511. The third-order valence-electron chi connectivity index (χ3n) is 3.99. The van der Waals surface area contributed by atoms with E-state index in [9.17, 15) is 4.79 Å². The molecule has 1 N–H and O–H groups in total. The number of anilines is 1. The second-order valence-corrected chi connectivity index (χ2v) is 6.70. The van der Waals surface area contributed by atoms with Crippen molar-refractivity contribution >= 4 is 22.4 Å². The molecule has 1 amide bonds. The first-order valence-electron chi connectivity index (χ1n) is 7.62. The molecule has 24 heavy (non-hydrogen) atoms. The molecule has 1 atom stereocenters. The number of aryl methyl sites for hydroxylation is 2. The highest BCUT2D eigenvalue weighted by Crippen LogP contribution is 2.32. The van der Waals surface area contributed by atoms with Crippen LogP contribution in [0.1, 0.15) is 11.3 Å². The fourth-order valence-corrected chi connectivity index (χ4v) is 3.76. The Morgan fingerprint density at radius 3 is 3.00 bits per heavy atom. The van der Waals surface area contributed by atoms with Gasteiger partial charge in [0.1, 0.15) is 5.75 Å². The fourth-order valence-electron chi connectivity index (χ4n) is 2.76. The van der Waals surface area contributed by atoms with Gasteiger partial charge in [0, 0.05) is 25.9 Å². The molecule has 0 radical (unpaired) electrons. The van der Waals surface area contributed by atoms with E-state index in [0.717, 1.165) is 27.7 Å². The Morgan fingerprint density at radius 1 is 1.42 bits per heavy atom. The van der Waals surface area contributed by atoms with Gasteiger partial charge in [0.15, 0.2) is 17.1 Å². The predicted octanol–water partition coefficient (Wildman–Crippen LogP) is 2.79. The highest BCUT2D eigenvalue weighted by atomic mass is 32.1. The van der Waals surface area contributed by atoms with E-state index in [4.69, 9.17) is 4.74 Å². The number of fused-ring (bicyclic) bond motifs is 1. The lowest BCUT2D eigenvalue weighted by Gasteiger charge is -2.09. The van der Waals surface area contributed by atoms with Gasteiger partial charge in [-0.1, -0.05) is 29.5 Å². The number of para-hydroxylation sites is 1. The van der Waals surface area contributed by atoms with Crippen LogP contribution in [0.25, 0.3) is 10.7 Å². The largest absolute Gasteiger partial charge is 0.480 e. The van der Waals surface area contributed by atoms with Gasteiger partial charge in [0.2, 0.25) is 0 Å². The van der Waals surface area contributed by atoms with Crippen molar-refractivity contribution < 1.29 is 9.53 Å². The van der Waals surface area contributed by atoms with Crippen molar-refractivity contribution in [3.05, 3.63) is 47.9 Å². The minimum Gasteiger partial charge on any atom is -0.480 e. The van der Waals surface area contributed by atoms with Crippen LogP contribution in [-0.2, 0) is 18.3 Å². The van der Waals surface area contributed by atoms with Gasteiger partial charge < -0.3 is 9.30 Å². The molecule has 2 aromatic heterocycles. The molecule has 4 rings (SSSR count). The van der Waals surface area contributed by atoms with Gasteiger partial charge in [-0.2, -0.15) is 0 Å². The third kappa shape index (κ3) is 2.56. The van der Waals surface area contributed by atoms with Crippen LogP contribution < -0.4 is 10.1 Å². The first kappa shape index (κ1) is 14.9. The Labute approximate surface area is 143 Å². The molecule has 3 heterocycles. The van der Waals surface area contributed by atoms with Crippen LogP contribution in [0.2, 0.25) is 0 Å². The second-order valence-electron chi connectivity index (χ2n) is 5.70. The number of imidazole rings is 1. The lowest BCUT2D eigenvalue weighted by atomic mass is 10.1. The quantitative estimate of drug-likeness (QED) is 0.796. The molecule has 0 spiro atoms. The molecular weight excluding hydrogens is 324 g/mol. The number of benzene rings is 1. The van der Waals surface area contributed by atoms with Crippen molar-refractivity contribution in [2.24, 2.45) is 7.05 Å². The molecule has 0 bridgehead atoms. The number of hydrogen-bond donors (Lipinski definition) is 1. The van der Waals surface area contributed by atoms with Gasteiger partial charge in [0.05, 0.1) is 10.6 Å². The molecule has 3 aromatic rings. The molecule has 0 aliphatic carbocycles. The van der Waals surface area contributed by atoms with E-state index in [1.54, 1.807) is 6.20 Å². The van der Waals surface area contributed by atoms with Crippen molar-refractivity contribution in [2.75, 3.05) is 5.32 Å². The van der Waals surface area contributed by atoms with Crippen molar-refractivity contribution in [3.8, 4) is 16.5 Å². The topological polar surface area (TPSA) is 69.0 Å². The molecule has 0 saturated heterocycles. The number of nitrogens with zero attached hydrogens (tertiary/aromatic N) is 3. The Bertz CT molecular complexity index is 890. The number of thiazole rings is 1. The van der Waals surface area contributed by atoms with E-state index in [1.807, 2.05) is 49.0 Å². The summed E-state index contributed by atoms with van der Waals surface area (Å²) < 4.78 is 7.65. The molecule has 1 aliphatic rings. The summed E-state index contributed by atoms with van der Waals surface area (Å²) in [5.74, 6) is 1.45. The number of hydrogen-bond acceptors (Lipinski definition) is 5. The molecule has 0 unspecified atom stereocenters. The van der Waals surface area contributed by atoms with Crippen LogP contribution in [0, 0.1) is 6.92 Å². The standard InChI is InChI=1S/C17H16N4O2S/c1-10-14(15-18-7-8-21(15)2)24-17(19-10)20-16(22)13-9-11-5-3-4-6-12(11)23-13/h3-8,13H,9H2,1-2H3,(H,19,20,22)/t13-/m0/s1. The average Bonchev–Trinajstić information content (AvgIpc) is 3.25. The molecule has 1 aliphatic heterocycles. The second kappa shape index (κ2) is 5.76. The lowest BCUT2D eigenvalue weighted by molar-refractivity contribution is -0.122. The first-order chi connectivity index (χ1) is 11.6. The number of nitrogens with one attached hydrogen (secondary N) is 1. The van der Waals surface area contributed by atoms with Crippen molar-refractivity contribution in [2.45, 2.75) is 19.4 Å². The van der Waals surface area contributed by atoms with Gasteiger partial charge in [0.25, 0.3) is 5.91 Å². The van der Waals surface area contributed by atoms with E-state index < -0.39 is 6.10 Å². The number of carbonyl (C=O) groups excluding carboxylic acids is 1. The van der Waals surface area contributed by atoms with Crippen molar-refractivity contribution in [1.82, 2.24) is 14.5 Å². The summed E-state index contributed by atoms with van der Waals surface area (Å²) in [7, 11) is 1.93. The van der Waals surface area contributed by atoms with Crippen molar-refractivity contribution in [1.29, 1.82) is 0 Å². The maximum absolute atomic E-state index is 12.5. The van der Waals surface area contributed by atoms with Gasteiger partial charge in [-0.05, 0) is 18.6 Å². The molecule has 7 heteroatoms. The Morgan fingerprint density at radius 2 is 2.25 bits per heavy atom. The Balaban J connectivity index is 1.51. The molecule has 0 fully saturated rings. The third-order valence-corrected chi connectivity index (χ3v) is 5.06. The maximum Gasteiger partial charge on any atom is 0.267 e. The Hall–Kier alpha value is -2.67. The summed E-state index contributed by atoms with van der Waals surface area (Å²) in [6.45, 7) is 1.91. The zero-order valence-electron chi connectivity index (χ0n) is 13.3. The molecule has 6 nitrogen and oxygen atoms in total. The number of rotatable bonds is 3. The van der Waals surface area contributed by atoms with Gasteiger partial charge in [-0.25, -0.2) is 9.97 Å². The molecular formula is C17H16N4O2S. The molecule has 0 saturated carbocycles. The predicted molar refractivity (Wildman–Crippen MR) is 92.2 cm³/mol. The molecule has 1 aromatic carbocycles. The van der Waals surface area contributed by atoms with Crippen molar-refractivity contribution in [3.63, 3.8) is 0 Å². The zero-order valence-corrected chi connectivity index (χ0v) is 14.1. The van der Waals surface area contributed by atoms with Gasteiger partial charge in [-0.3, -0.25) is 10.1 Å². The van der Waals surface area contributed by atoms with E-state index in [1.165, 1.54) is 11.3 Å². The summed E-state index contributed by atoms with van der Waals surface area (Å²) in [5, 5.41) is 3.43. The summed E-state index contributed by atoms with van der Waals surface area (Å²) in [6.07, 6.45) is 3.70.